The lowest BCUT2D eigenvalue weighted by molar-refractivity contribution is -0.119. The van der Waals surface area contributed by atoms with E-state index in [2.05, 4.69) is 9.97 Å². The van der Waals surface area contributed by atoms with Crippen molar-refractivity contribution < 1.29 is 4.79 Å². The Bertz CT molecular complexity index is 231. The molecule has 1 amide bonds. The molecule has 0 saturated heterocycles. The summed E-state index contributed by atoms with van der Waals surface area (Å²) in [5, 5.41) is 0. The van der Waals surface area contributed by atoms with Gasteiger partial charge in [0.15, 0.2) is 0 Å². The lowest BCUT2D eigenvalue weighted by Gasteiger charge is -2.02. The number of imidazole rings is 1. The first kappa shape index (κ1) is 7.74. The maximum Gasteiger partial charge on any atom is 0.234 e. The topological polar surface area (TPSA) is 97.8 Å². The Balaban J connectivity index is 2.50. The van der Waals surface area contributed by atoms with E-state index in [4.69, 9.17) is 11.5 Å². The molecule has 0 spiro atoms. The lowest BCUT2D eigenvalue weighted by Crippen LogP contribution is -2.38. The molecule has 0 aliphatic carbocycles. The van der Waals surface area contributed by atoms with Crippen LogP contribution in [0.1, 0.15) is 5.82 Å². The monoisotopic (exact) mass is 154 g/mol. The minimum atomic E-state index is -0.652. The zero-order chi connectivity index (χ0) is 8.27. The minimum absolute atomic E-state index is 0.363. The number of aromatic nitrogens is 2. The van der Waals surface area contributed by atoms with Crippen molar-refractivity contribution in [1.82, 2.24) is 9.97 Å². The minimum Gasteiger partial charge on any atom is -0.368 e. The molecule has 0 aromatic carbocycles. The van der Waals surface area contributed by atoms with Crippen LogP contribution < -0.4 is 11.5 Å². The predicted octanol–water partition coefficient (Wildman–Crippen LogP) is -1.24. The standard InChI is InChI=1S/C6H10N4O/c7-4(6(8)11)3-5-9-1-2-10-5/h1-2,4H,3,7H2,(H2,8,11)(H,9,10). The van der Waals surface area contributed by atoms with Gasteiger partial charge in [0.25, 0.3) is 0 Å². The van der Waals surface area contributed by atoms with Crippen LogP contribution in [0.3, 0.4) is 0 Å². The maximum absolute atomic E-state index is 10.5. The van der Waals surface area contributed by atoms with E-state index in [-0.39, 0.29) is 0 Å². The van der Waals surface area contributed by atoms with Gasteiger partial charge in [-0.25, -0.2) is 4.98 Å². The van der Waals surface area contributed by atoms with Crippen molar-refractivity contribution in [3.8, 4) is 0 Å². The number of amides is 1. The van der Waals surface area contributed by atoms with E-state index in [1.807, 2.05) is 0 Å². The molecule has 1 aromatic rings. The van der Waals surface area contributed by atoms with E-state index in [0.29, 0.717) is 12.2 Å². The van der Waals surface area contributed by atoms with Crippen LogP contribution in [-0.2, 0) is 11.2 Å². The summed E-state index contributed by atoms with van der Waals surface area (Å²) >= 11 is 0. The van der Waals surface area contributed by atoms with Crippen LogP contribution in [0.15, 0.2) is 12.4 Å². The van der Waals surface area contributed by atoms with Crippen molar-refractivity contribution in [2.75, 3.05) is 0 Å². The number of nitrogens with zero attached hydrogens (tertiary/aromatic N) is 1. The van der Waals surface area contributed by atoms with Crippen LogP contribution in [0.4, 0.5) is 0 Å². The molecule has 0 aliphatic rings. The molecule has 11 heavy (non-hydrogen) atoms. The smallest absolute Gasteiger partial charge is 0.234 e. The molecule has 5 N–H and O–H groups in total. The fourth-order valence-electron chi connectivity index (χ4n) is 0.718. The normalized spacial score (nSPS) is 12.8. The second-order valence-corrected chi connectivity index (χ2v) is 2.25. The molecule has 0 fully saturated rings. The van der Waals surface area contributed by atoms with Gasteiger partial charge in [-0.05, 0) is 0 Å². The average molecular weight is 154 g/mol. The molecule has 60 valence electrons. The van der Waals surface area contributed by atoms with Gasteiger partial charge in [-0.2, -0.15) is 0 Å². The third-order valence-corrected chi connectivity index (χ3v) is 1.33. The third kappa shape index (κ3) is 2.05. The van der Waals surface area contributed by atoms with Gasteiger partial charge >= 0.3 is 0 Å². The van der Waals surface area contributed by atoms with E-state index < -0.39 is 11.9 Å². The van der Waals surface area contributed by atoms with Crippen molar-refractivity contribution in [1.29, 1.82) is 0 Å². The molecule has 0 radical (unpaired) electrons. The molecule has 0 aliphatic heterocycles. The van der Waals surface area contributed by atoms with Crippen LogP contribution >= 0.6 is 0 Å². The van der Waals surface area contributed by atoms with Gasteiger partial charge < -0.3 is 16.5 Å². The number of carbonyl (C=O) groups excluding carboxylic acids is 1. The summed E-state index contributed by atoms with van der Waals surface area (Å²) in [6.45, 7) is 0. The number of H-pyrrole nitrogens is 1. The molecule has 0 saturated carbocycles. The Labute approximate surface area is 63.8 Å². The Morgan fingerprint density at radius 1 is 1.82 bits per heavy atom. The van der Waals surface area contributed by atoms with Crippen LogP contribution in [0.2, 0.25) is 0 Å². The van der Waals surface area contributed by atoms with Crippen molar-refractivity contribution in [2.24, 2.45) is 11.5 Å². The van der Waals surface area contributed by atoms with Crippen LogP contribution in [-0.4, -0.2) is 21.9 Å². The van der Waals surface area contributed by atoms with Crippen LogP contribution in [0.5, 0.6) is 0 Å². The first-order valence-corrected chi connectivity index (χ1v) is 3.23. The van der Waals surface area contributed by atoms with Gasteiger partial charge in [0.2, 0.25) is 5.91 Å². The Kier molecular flexibility index (Phi) is 2.22. The summed E-state index contributed by atoms with van der Waals surface area (Å²) in [6.07, 6.45) is 3.63. The summed E-state index contributed by atoms with van der Waals surface area (Å²) in [4.78, 5) is 17.2. The van der Waals surface area contributed by atoms with Crippen LogP contribution in [0, 0.1) is 0 Å². The zero-order valence-electron chi connectivity index (χ0n) is 5.95. The second-order valence-electron chi connectivity index (χ2n) is 2.25. The van der Waals surface area contributed by atoms with E-state index in [1.54, 1.807) is 12.4 Å². The second kappa shape index (κ2) is 3.16. The Morgan fingerprint density at radius 2 is 2.55 bits per heavy atom. The van der Waals surface area contributed by atoms with Crippen molar-refractivity contribution in [3.05, 3.63) is 18.2 Å². The van der Waals surface area contributed by atoms with Crippen molar-refractivity contribution in [3.63, 3.8) is 0 Å². The van der Waals surface area contributed by atoms with Gasteiger partial charge in [0, 0.05) is 18.8 Å². The van der Waals surface area contributed by atoms with Crippen molar-refractivity contribution in [2.45, 2.75) is 12.5 Å². The highest BCUT2D eigenvalue weighted by Crippen LogP contribution is 1.92. The van der Waals surface area contributed by atoms with Gasteiger partial charge in [-0.3, -0.25) is 4.79 Å². The molecule has 1 unspecified atom stereocenters. The number of rotatable bonds is 3. The first-order chi connectivity index (χ1) is 5.20. The Morgan fingerprint density at radius 3 is 3.00 bits per heavy atom. The summed E-state index contributed by atoms with van der Waals surface area (Å²) in [5.74, 6) is 0.165. The number of primary amides is 1. The van der Waals surface area contributed by atoms with Crippen molar-refractivity contribution >= 4 is 5.91 Å². The number of carbonyl (C=O) groups is 1. The fraction of sp³-hybridized carbons (Fsp3) is 0.333. The number of hydrogen-bond acceptors (Lipinski definition) is 3. The van der Waals surface area contributed by atoms with Gasteiger partial charge in [-0.15, -0.1) is 0 Å². The highest BCUT2D eigenvalue weighted by molar-refractivity contribution is 5.79. The third-order valence-electron chi connectivity index (χ3n) is 1.33. The first-order valence-electron chi connectivity index (χ1n) is 3.23. The SMILES string of the molecule is NC(=O)C(N)Cc1ncc[nH]1. The summed E-state index contributed by atoms with van der Waals surface area (Å²) in [5.41, 5.74) is 10.3. The molecule has 5 heteroatoms. The largest absolute Gasteiger partial charge is 0.368 e. The lowest BCUT2D eigenvalue weighted by atomic mass is 10.2. The van der Waals surface area contributed by atoms with Gasteiger partial charge in [-0.1, -0.05) is 0 Å². The maximum atomic E-state index is 10.5. The highest BCUT2D eigenvalue weighted by Gasteiger charge is 2.10. The number of hydrogen-bond donors (Lipinski definition) is 3. The van der Waals surface area contributed by atoms with Crippen LogP contribution in [0.25, 0.3) is 0 Å². The molecule has 1 atom stereocenters. The molecule has 0 bridgehead atoms. The molecular formula is C6H10N4O. The number of nitrogens with one attached hydrogen (secondary N) is 1. The Hall–Kier alpha value is -1.36. The van der Waals surface area contributed by atoms with Gasteiger partial charge in [0.1, 0.15) is 5.82 Å². The van der Waals surface area contributed by atoms with E-state index in [0.717, 1.165) is 0 Å². The number of aromatic amines is 1. The molecule has 1 aromatic heterocycles. The molecule has 5 nitrogen and oxygen atoms in total. The van der Waals surface area contributed by atoms with E-state index in [1.165, 1.54) is 0 Å². The average Bonchev–Trinajstić information content (AvgIpc) is 2.39. The fourth-order valence-corrected chi connectivity index (χ4v) is 0.718. The highest BCUT2D eigenvalue weighted by atomic mass is 16.1. The van der Waals surface area contributed by atoms with E-state index in [9.17, 15) is 4.79 Å². The quantitative estimate of drug-likeness (QED) is 0.508. The summed E-state index contributed by atoms with van der Waals surface area (Å²) in [6, 6.07) is -0.652. The zero-order valence-corrected chi connectivity index (χ0v) is 5.95. The van der Waals surface area contributed by atoms with Gasteiger partial charge in [0.05, 0.1) is 6.04 Å². The summed E-state index contributed by atoms with van der Waals surface area (Å²) in [7, 11) is 0. The molecule has 1 rings (SSSR count). The predicted molar refractivity (Wildman–Crippen MR) is 39.5 cm³/mol. The summed E-state index contributed by atoms with van der Waals surface area (Å²) < 4.78 is 0. The van der Waals surface area contributed by atoms with E-state index >= 15 is 0 Å². The molecule has 1 heterocycles. The number of nitrogens with two attached hydrogens (primary N) is 2. The molecular weight excluding hydrogens is 144 g/mol.